The van der Waals surface area contributed by atoms with Gasteiger partial charge in [0, 0.05) is 5.69 Å². The normalized spacial score (nSPS) is 10.0. The zero-order valence-electron chi connectivity index (χ0n) is 11.6. The number of carbonyl (C=O) groups is 2. The number of aromatic carboxylic acids is 1. The van der Waals surface area contributed by atoms with Crippen LogP contribution in [0.3, 0.4) is 0 Å². The van der Waals surface area contributed by atoms with Gasteiger partial charge in [-0.15, -0.1) is 0 Å². The van der Waals surface area contributed by atoms with Crippen molar-refractivity contribution in [3.8, 4) is 0 Å². The second kappa shape index (κ2) is 6.04. The maximum Gasteiger partial charge on any atom is 0.339 e. The van der Waals surface area contributed by atoms with Gasteiger partial charge in [-0.25, -0.2) is 14.6 Å². The number of carboxylic acids is 1. The minimum Gasteiger partial charge on any atom is -0.478 e. The van der Waals surface area contributed by atoms with Gasteiger partial charge in [0.25, 0.3) is 0 Å². The number of nitrogens with zero attached hydrogens (tertiary/aromatic N) is 1. The van der Waals surface area contributed by atoms with E-state index in [1.807, 2.05) is 0 Å². The van der Waals surface area contributed by atoms with Gasteiger partial charge in [-0.05, 0) is 37.3 Å². The van der Waals surface area contributed by atoms with Crippen LogP contribution in [-0.4, -0.2) is 29.1 Å². The lowest BCUT2D eigenvalue weighted by molar-refractivity contribution is 0.0598. The number of pyridine rings is 1. The zero-order chi connectivity index (χ0) is 15.4. The predicted octanol–water partition coefficient (Wildman–Crippen LogP) is 2.62. The maximum absolute atomic E-state index is 11.5. The third kappa shape index (κ3) is 3.36. The summed E-state index contributed by atoms with van der Waals surface area (Å²) in [5, 5.41) is 11.9. The minimum atomic E-state index is -0.996. The Hall–Kier alpha value is -2.89. The van der Waals surface area contributed by atoms with E-state index in [1.165, 1.54) is 19.2 Å². The number of esters is 1. The fraction of sp³-hybridized carbons (Fsp3) is 0.133. The molecule has 2 aromatic rings. The first-order valence-electron chi connectivity index (χ1n) is 6.17. The van der Waals surface area contributed by atoms with Crippen LogP contribution in [0.1, 0.15) is 26.4 Å². The first-order valence-corrected chi connectivity index (χ1v) is 6.17. The Morgan fingerprint density at radius 2 is 2.00 bits per heavy atom. The van der Waals surface area contributed by atoms with Gasteiger partial charge in [0.15, 0.2) is 0 Å². The molecule has 0 aliphatic carbocycles. The topological polar surface area (TPSA) is 88.5 Å². The molecule has 1 aromatic heterocycles. The Morgan fingerprint density at radius 3 is 2.62 bits per heavy atom. The summed E-state index contributed by atoms with van der Waals surface area (Å²) in [7, 11) is 1.31. The van der Waals surface area contributed by atoms with E-state index >= 15 is 0 Å². The molecule has 0 spiro atoms. The van der Waals surface area contributed by atoms with Crippen LogP contribution in [0.2, 0.25) is 0 Å². The molecule has 0 bridgehead atoms. The number of nitrogens with one attached hydrogen (secondary N) is 1. The molecule has 0 aliphatic rings. The van der Waals surface area contributed by atoms with E-state index in [9.17, 15) is 9.59 Å². The lowest BCUT2D eigenvalue weighted by atomic mass is 10.2. The molecule has 1 heterocycles. The molecule has 2 rings (SSSR count). The lowest BCUT2D eigenvalue weighted by Gasteiger charge is -2.09. The van der Waals surface area contributed by atoms with Crippen molar-refractivity contribution >= 4 is 23.4 Å². The summed E-state index contributed by atoms with van der Waals surface area (Å²) in [5.74, 6) is -0.925. The summed E-state index contributed by atoms with van der Waals surface area (Å²) in [6.07, 6.45) is 0. The summed E-state index contributed by atoms with van der Waals surface area (Å²) in [6.45, 7) is 1.70. The van der Waals surface area contributed by atoms with Crippen LogP contribution in [0.5, 0.6) is 0 Å². The molecule has 6 nitrogen and oxygen atoms in total. The molecule has 0 saturated carbocycles. The van der Waals surface area contributed by atoms with E-state index in [2.05, 4.69) is 15.0 Å². The maximum atomic E-state index is 11.5. The quantitative estimate of drug-likeness (QED) is 0.840. The van der Waals surface area contributed by atoms with Crippen molar-refractivity contribution in [1.82, 2.24) is 4.98 Å². The highest BCUT2D eigenvalue weighted by Gasteiger charge is 2.11. The van der Waals surface area contributed by atoms with Gasteiger partial charge in [0.05, 0.1) is 23.9 Å². The summed E-state index contributed by atoms with van der Waals surface area (Å²) in [5.41, 5.74) is 1.71. The summed E-state index contributed by atoms with van der Waals surface area (Å²) < 4.78 is 4.65. The highest BCUT2D eigenvalue weighted by molar-refractivity contribution is 5.91. The molecule has 0 amide bonds. The summed E-state index contributed by atoms with van der Waals surface area (Å²) in [4.78, 5) is 26.6. The summed E-state index contributed by atoms with van der Waals surface area (Å²) in [6, 6.07) is 9.63. The van der Waals surface area contributed by atoms with E-state index in [0.29, 0.717) is 22.8 Å². The van der Waals surface area contributed by atoms with E-state index in [1.54, 1.807) is 31.2 Å². The number of aryl methyl sites for hydroxylation is 1. The van der Waals surface area contributed by atoms with Crippen LogP contribution in [0.4, 0.5) is 11.5 Å². The largest absolute Gasteiger partial charge is 0.478 e. The van der Waals surface area contributed by atoms with Crippen molar-refractivity contribution < 1.29 is 19.4 Å². The number of anilines is 2. The Bertz CT molecular complexity index is 698. The van der Waals surface area contributed by atoms with E-state index in [-0.39, 0.29) is 5.56 Å². The Balaban J connectivity index is 2.24. The Morgan fingerprint density at radius 1 is 1.24 bits per heavy atom. The second-order valence-electron chi connectivity index (χ2n) is 4.33. The lowest BCUT2D eigenvalue weighted by Crippen LogP contribution is -2.06. The molecule has 6 heteroatoms. The number of benzene rings is 1. The van der Waals surface area contributed by atoms with Crippen molar-refractivity contribution in [2.75, 3.05) is 12.4 Å². The molecule has 108 valence electrons. The van der Waals surface area contributed by atoms with Crippen molar-refractivity contribution in [1.29, 1.82) is 0 Å². The van der Waals surface area contributed by atoms with Gasteiger partial charge in [-0.1, -0.05) is 6.07 Å². The molecule has 0 radical (unpaired) electrons. The van der Waals surface area contributed by atoms with Crippen LogP contribution < -0.4 is 5.32 Å². The molecule has 1 aromatic carbocycles. The van der Waals surface area contributed by atoms with E-state index in [0.717, 1.165) is 0 Å². The first kappa shape index (κ1) is 14.5. The Kier molecular flexibility index (Phi) is 4.18. The molecule has 21 heavy (non-hydrogen) atoms. The number of ether oxygens (including phenoxy) is 1. The third-order valence-corrected chi connectivity index (χ3v) is 2.87. The molecule has 2 N–H and O–H groups in total. The summed E-state index contributed by atoms with van der Waals surface area (Å²) >= 11 is 0. The number of rotatable bonds is 4. The fourth-order valence-electron chi connectivity index (χ4n) is 1.83. The number of carbonyl (C=O) groups excluding carboxylic acids is 1. The van der Waals surface area contributed by atoms with Crippen molar-refractivity contribution in [2.45, 2.75) is 6.92 Å². The number of aromatic nitrogens is 1. The second-order valence-corrected chi connectivity index (χ2v) is 4.33. The monoisotopic (exact) mass is 286 g/mol. The van der Waals surface area contributed by atoms with Crippen molar-refractivity contribution in [3.05, 3.63) is 53.2 Å². The molecule has 0 aliphatic heterocycles. The van der Waals surface area contributed by atoms with E-state index < -0.39 is 11.9 Å². The van der Waals surface area contributed by atoms with Crippen molar-refractivity contribution in [2.24, 2.45) is 0 Å². The van der Waals surface area contributed by atoms with Crippen LogP contribution in [0, 0.1) is 6.92 Å². The smallest absolute Gasteiger partial charge is 0.339 e. The standard InChI is InChI=1S/C15H14N2O4/c1-9-12(15(20)21-2)6-7-13(16-9)17-11-5-3-4-10(8-11)14(18)19/h3-8H,1-2H3,(H,16,17)(H,18,19). The minimum absolute atomic E-state index is 0.183. The first-order chi connectivity index (χ1) is 10.0. The van der Waals surface area contributed by atoms with E-state index in [4.69, 9.17) is 5.11 Å². The van der Waals surface area contributed by atoms with Gasteiger partial charge in [-0.2, -0.15) is 0 Å². The van der Waals surface area contributed by atoms with Gasteiger partial charge >= 0.3 is 11.9 Å². The van der Waals surface area contributed by atoms with Crippen LogP contribution in [0.25, 0.3) is 0 Å². The number of hydrogen-bond donors (Lipinski definition) is 2. The number of carboxylic acid groups (broad SMARTS) is 1. The average Bonchev–Trinajstić information content (AvgIpc) is 2.47. The predicted molar refractivity (Wildman–Crippen MR) is 77.0 cm³/mol. The molecular weight excluding hydrogens is 272 g/mol. The van der Waals surface area contributed by atoms with Crippen molar-refractivity contribution in [3.63, 3.8) is 0 Å². The van der Waals surface area contributed by atoms with Crippen LogP contribution >= 0.6 is 0 Å². The van der Waals surface area contributed by atoms with Gasteiger partial charge in [0.2, 0.25) is 0 Å². The highest BCUT2D eigenvalue weighted by atomic mass is 16.5. The number of hydrogen-bond acceptors (Lipinski definition) is 5. The molecule has 0 fully saturated rings. The molecule has 0 unspecified atom stereocenters. The van der Waals surface area contributed by atoms with Gasteiger partial charge in [0.1, 0.15) is 5.82 Å². The Labute approximate surface area is 121 Å². The molecule has 0 saturated heterocycles. The number of methoxy groups -OCH3 is 1. The van der Waals surface area contributed by atoms with Crippen LogP contribution in [0.15, 0.2) is 36.4 Å². The van der Waals surface area contributed by atoms with Gasteiger partial charge < -0.3 is 15.2 Å². The molecule has 0 atom stereocenters. The van der Waals surface area contributed by atoms with Crippen LogP contribution in [-0.2, 0) is 4.74 Å². The fourth-order valence-corrected chi connectivity index (χ4v) is 1.83. The van der Waals surface area contributed by atoms with Gasteiger partial charge in [-0.3, -0.25) is 0 Å². The zero-order valence-corrected chi connectivity index (χ0v) is 11.6. The third-order valence-electron chi connectivity index (χ3n) is 2.87. The average molecular weight is 286 g/mol. The SMILES string of the molecule is COC(=O)c1ccc(Nc2cccc(C(=O)O)c2)nc1C. The molecular formula is C15H14N2O4. The highest BCUT2D eigenvalue weighted by Crippen LogP contribution is 2.18.